The summed E-state index contributed by atoms with van der Waals surface area (Å²) in [5.41, 5.74) is 0.702. The number of rotatable bonds is 9. The van der Waals surface area contributed by atoms with E-state index in [4.69, 9.17) is 4.74 Å². The number of carbonyl (C=O) groups excluding carboxylic acids is 1. The van der Waals surface area contributed by atoms with Gasteiger partial charge in [0, 0.05) is 38.9 Å². The second-order valence-corrected chi connectivity index (χ2v) is 9.45. The van der Waals surface area contributed by atoms with Crippen LogP contribution in [0.1, 0.15) is 55.9 Å². The quantitative estimate of drug-likeness (QED) is 0.410. The van der Waals surface area contributed by atoms with Gasteiger partial charge in [0.15, 0.2) is 11.4 Å². The van der Waals surface area contributed by atoms with Crippen LogP contribution in [0.5, 0.6) is 0 Å². The minimum Gasteiger partial charge on any atom is -0.396 e. The SMILES string of the molecule is CNc1cc(Nc2cccn(C3CCCOC3)c2=O)nc2c(C(=O)CCC(C)(C)CO)cnn12. The summed E-state index contributed by atoms with van der Waals surface area (Å²) in [6, 6.07) is 5.29. The van der Waals surface area contributed by atoms with Crippen LogP contribution in [0.2, 0.25) is 0 Å². The molecule has 34 heavy (non-hydrogen) atoms. The first-order valence-corrected chi connectivity index (χ1v) is 11.6. The van der Waals surface area contributed by atoms with Crippen molar-refractivity contribution in [1.29, 1.82) is 0 Å². The maximum absolute atomic E-state index is 13.1. The first kappa shape index (κ1) is 23.9. The van der Waals surface area contributed by atoms with Crippen LogP contribution in [0.4, 0.5) is 17.3 Å². The highest BCUT2D eigenvalue weighted by molar-refractivity contribution is 6.01. The van der Waals surface area contributed by atoms with Gasteiger partial charge in [-0.3, -0.25) is 9.59 Å². The number of nitrogens with one attached hydrogen (secondary N) is 2. The maximum Gasteiger partial charge on any atom is 0.274 e. The summed E-state index contributed by atoms with van der Waals surface area (Å²) in [5.74, 6) is 0.957. The molecule has 1 aliphatic heterocycles. The van der Waals surface area contributed by atoms with Gasteiger partial charge in [-0.05, 0) is 36.8 Å². The number of anilines is 3. The van der Waals surface area contributed by atoms with Crippen molar-refractivity contribution in [1.82, 2.24) is 19.2 Å². The van der Waals surface area contributed by atoms with E-state index in [0.717, 1.165) is 19.4 Å². The monoisotopic (exact) mass is 468 g/mol. The fourth-order valence-electron chi connectivity index (χ4n) is 4.04. The Bertz CT molecular complexity index is 1230. The zero-order valence-corrected chi connectivity index (χ0v) is 19.9. The summed E-state index contributed by atoms with van der Waals surface area (Å²) in [7, 11) is 1.75. The molecule has 0 aromatic carbocycles. The molecule has 182 valence electrons. The van der Waals surface area contributed by atoms with Crippen LogP contribution in [0, 0.1) is 5.41 Å². The molecule has 0 saturated carbocycles. The van der Waals surface area contributed by atoms with E-state index in [1.54, 1.807) is 34.5 Å². The number of hydrogen-bond acceptors (Lipinski definition) is 8. The minimum absolute atomic E-state index is 0.00679. The summed E-state index contributed by atoms with van der Waals surface area (Å²) in [4.78, 5) is 30.7. The molecule has 3 aromatic rings. The Balaban J connectivity index is 1.64. The van der Waals surface area contributed by atoms with Gasteiger partial charge in [0.25, 0.3) is 5.56 Å². The number of Topliss-reactive ketones (excluding diaryl/α,β-unsaturated/α-hetero) is 1. The third-order valence-corrected chi connectivity index (χ3v) is 6.25. The van der Waals surface area contributed by atoms with Crippen LogP contribution in [0.3, 0.4) is 0 Å². The molecule has 0 bridgehead atoms. The molecular weight excluding hydrogens is 436 g/mol. The number of aliphatic hydroxyl groups is 1. The Morgan fingerprint density at radius 2 is 2.21 bits per heavy atom. The number of carbonyl (C=O) groups is 1. The van der Waals surface area contributed by atoms with E-state index in [-0.39, 0.29) is 35.8 Å². The summed E-state index contributed by atoms with van der Waals surface area (Å²) >= 11 is 0. The van der Waals surface area contributed by atoms with Gasteiger partial charge < -0.3 is 25.0 Å². The highest BCUT2D eigenvalue weighted by atomic mass is 16.5. The van der Waals surface area contributed by atoms with Gasteiger partial charge in [0.1, 0.15) is 17.3 Å². The van der Waals surface area contributed by atoms with Crippen molar-refractivity contribution >= 4 is 28.8 Å². The first-order valence-electron chi connectivity index (χ1n) is 11.6. The van der Waals surface area contributed by atoms with Crippen LogP contribution in [-0.2, 0) is 4.74 Å². The van der Waals surface area contributed by atoms with Gasteiger partial charge in [-0.2, -0.15) is 9.61 Å². The van der Waals surface area contributed by atoms with Gasteiger partial charge in [-0.15, -0.1) is 0 Å². The molecule has 4 heterocycles. The predicted molar refractivity (Wildman–Crippen MR) is 130 cm³/mol. The lowest BCUT2D eigenvalue weighted by atomic mass is 9.87. The van der Waals surface area contributed by atoms with Crippen molar-refractivity contribution in [2.24, 2.45) is 5.41 Å². The summed E-state index contributed by atoms with van der Waals surface area (Å²) < 4.78 is 8.82. The van der Waals surface area contributed by atoms with Gasteiger partial charge >= 0.3 is 0 Å². The molecule has 0 radical (unpaired) electrons. The average molecular weight is 469 g/mol. The van der Waals surface area contributed by atoms with Crippen LogP contribution in [-0.4, -0.2) is 56.9 Å². The van der Waals surface area contributed by atoms with Crippen LogP contribution >= 0.6 is 0 Å². The van der Waals surface area contributed by atoms with E-state index < -0.39 is 0 Å². The van der Waals surface area contributed by atoms with E-state index >= 15 is 0 Å². The third-order valence-electron chi connectivity index (χ3n) is 6.25. The first-order chi connectivity index (χ1) is 16.3. The van der Waals surface area contributed by atoms with Crippen LogP contribution < -0.4 is 16.2 Å². The smallest absolute Gasteiger partial charge is 0.274 e. The fourth-order valence-corrected chi connectivity index (χ4v) is 4.04. The van der Waals surface area contributed by atoms with Crippen molar-refractivity contribution in [3.05, 3.63) is 46.5 Å². The molecule has 3 N–H and O–H groups in total. The Morgan fingerprint density at radius 3 is 2.91 bits per heavy atom. The Labute approximate surface area is 198 Å². The number of ketones is 1. The Morgan fingerprint density at radius 1 is 1.38 bits per heavy atom. The predicted octanol–water partition coefficient (Wildman–Crippen LogP) is 3.01. The summed E-state index contributed by atoms with van der Waals surface area (Å²) in [6.45, 7) is 5.09. The van der Waals surface area contributed by atoms with Crippen molar-refractivity contribution < 1.29 is 14.6 Å². The van der Waals surface area contributed by atoms with Crippen LogP contribution in [0.15, 0.2) is 35.4 Å². The van der Waals surface area contributed by atoms with Gasteiger partial charge in [-0.25, -0.2) is 4.98 Å². The topological polar surface area (TPSA) is 123 Å². The zero-order valence-electron chi connectivity index (χ0n) is 19.9. The number of nitrogens with zero attached hydrogens (tertiary/aromatic N) is 4. The maximum atomic E-state index is 13.1. The molecule has 0 amide bonds. The molecule has 0 spiro atoms. The number of hydrogen-bond donors (Lipinski definition) is 3. The van der Waals surface area contributed by atoms with Crippen LogP contribution in [0.25, 0.3) is 5.65 Å². The Kier molecular flexibility index (Phi) is 6.99. The molecular formula is C24H32N6O4. The van der Waals surface area contributed by atoms with E-state index in [2.05, 4.69) is 20.7 Å². The second-order valence-electron chi connectivity index (χ2n) is 9.45. The van der Waals surface area contributed by atoms with Gasteiger partial charge in [0.05, 0.1) is 24.4 Å². The van der Waals surface area contributed by atoms with E-state index in [0.29, 0.717) is 41.6 Å². The lowest BCUT2D eigenvalue weighted by molar-refractivity contribution is 0.0581. The number of aromatic nitrogens is 4. The normalized spacial score (nSPS) is 16.5. The molecule has 1 fully saturated rings. The van der Waals surface area contributed by atoms with Crippen molar-refractivity contribution in [2.75, 3.05) is 37.5 Å². The minimum atomic E-state index is -0.342. The molecule has 3 aromatic heterocycles. The number of ether oxygens (including phenoxy) is 1. The standard InChI is InChI=1S/C24H32N6O4/c1-24(2,15-31)9-8-19(32)17-13-26-30-21(25-3)12-20(28-22(17)30)27-18-7-4-10-29(23(18)33)16-6-5-11-34-14-16/h4,7,10,12-13,16,25,31H,5-6,8-9,11,14-15H2,1-3H3,(H,27,28). The molecule has 1 aliphatic rings. The Hall–Kier alpha value is -3.24. The molecule has 10 heteroatoms. The molecule has 1 saturated heterocycles. The third kappa shape index (κ3) is 4.97. The second kappa shape index (κ2) is 9.94. The van der Waals surface area contributed by atoms with Crippen molar-refractivity contribution in [3.63, 3.8) is 0 Å². The summed E-state index contributed by atoms with van der Waals surface area (Å²) in [5, 5.41) is 20.0. The highest BCUT2D eigenvalue weighted by Gasteiger charge is 2.22. The highest BCUT2D eigenvalue weighted by Crippen LogP contribution is 2.26. The lowest BCUT2D eigenvalue weighted by Crippen LogP contribution is -2.31. The summed E-state index contributed by atoms with van der Waals surface area (Å²) in [6.07, 6.45) is 5.93. The van der Waals surface area contributed by atoms with Gasteiger partial charge in [-0.1, -0.05) is 13.8 Å². The number of fused-ring (bicyclic) bond motifs is 1. The number of aliphatic hydroxyl groups excluding tert-OH is 1. The lowest BCUT2D eigenvalue weighted by Gasteiger charge is -2.24. The van der Waals surface area contributed by atoms with Crippen molar-refractivity contribution in [3.8, 4) is 0 Å². The molecule has 1 unspecified atom stereocenters. The average Bonchev–Trinajstić information content (AvgIpc) is 3.28. The van der Waals surface area contributed by atoms with E-state index in [1.165, 1.54) is 6.20 Å². The van der Waals surface area contributed by atoms with Crippen molar-refractivity contribution in [2.45, 2.75) is 45.6 Å². The molecule has 10 nitrogen and oxygen atoms in total. The fraction of sp³-hybridized carbons (Fsp3) is 0.500. The molecule has 1 atom stereocenters. The zero-order chi connectivity index (χ0) is 24.3. The van der Waals surface area contributed by atoms with E-state index in [1.807, 2.05) is 19.9 Å². The molecule has 4 rings (SSSR count). The van der Waals surface area contributed by atoms with E-state index in [9.17, 15) is 14.7 Å². The number of pyridine rings is 1. The van der Waals surface area contributed by atoms with Gasteiger partial charge in [0.2, 0.25) is 0 Å². The largest absolute Gasteiger partial charge is 0.396 e. The molecule has 0 aliphatic carbocycles.